The van der Waals surface area contributed by atoms with Crippen molar-refractivity contribution < 1.29 is 13.2 Å². The highest BCUT2D eigenvalue weighted by Gasteiger charge is 2.20. The Bertz CT molecular complexity index is 471. The molecule has 1 rings (SSSR count). The molecule has 0 saturated heterocycles. The summed E-state index contributed by atoms with van der Waals surface area (Å²) in [5, 5.41) is 5.69. The molecule has 0 fully saturated rings. The van der Waals surface area contributed by atoms with Gasteiger partial charge in [0.25, 0.3) is 0 Å². The first-order valence-corrected chi connectivity index (χ1v) is 7.76. The third kappa shape index (κ3) is 5.71. The van der Waals surface area contributed by atoms with E-state index in [2.05, 4.69) is 0 Å². The number of hydrogen-bond donors (Lipinski definition) is 1. The summed E-state index contributed by atoms with van der Waals surface area (Å²) < 4.78 is 27.8. The lowest BCUT2D eigenvalue weighted by atomic mass is 9.99. The molecule has 6 heteroatoms. The molecule has 0 bridgehead atoms. The van der Waals surface area contributed by atoms with Gasteiger partial charge in [-0.1, -0.05) is 25.4 Å². The summed E-state index contributed by atoms with van der Waals surface area (Å²) in [4.78, 5) is 0. The first-order chi connectivity index (χ1) is 8.28. The van der Waals surface area contributed by atoms with Crippen molar-refractivity contribution in [2.24, 2.45) is 17.0 Å². The molecule has 1 aromatic rings. The van der Waals surface area contributed by atoms with Gasteiger partial charge in [-0.25, -0.2) is 13.6 Å². The first-order valence-electron chi connectivity index (χ1n) is 5.67. The molecule has 0 aromatic heterocycles. The Hall–Kier alpha value is -0.780. The van der Waals surface area contributed by atoms with Crippen molar-refractivity contribution in [3.05, 3.63) is 29.3 Å². The largest absolute Gasteiger partial charge is 0.493 e. The summed E-state index contributed by atoms with van der Waals surface area (Å²) in [5.74, 6) is 0.643. The van der Waals surface area contributed by atoms with Crippen molar-refractivity contribution in [3.8, 4) is 5.75 Å². The molecule has 0 aliphatic carbocycles. The van der Waals surface area contributed by atoms with E-state index in [1.54, 1.807) is 24.3 Å². The van der Waals surface area contributed by atoms with E-state index in [4.69, 9.17) is 21.5 Å². The van der Waals surface area contributed by atoms with Crippen LogP contribution in [0.15, 0.2) is 24.3 Å². The second kappa shape index (κ2) is 6.41. The van der Waals surface area contributed by atoms with Gasteiger partial charge in [0.2, 0.25) is 10.0 Å². The number of nitrogens with two attached hydrogens (primary N) is 1. The Morgan fingerprint density at radius 1 is 1.28 bits per heavy atom. The van der Waals surface area contributed by atoms with Gasteiger partial charge in [-0.05, 0) is 30.2 Å². The van der Waals surface area contributed by atoms with Gasteiger partial charge in [-0.3, -0.25) is 0 Å². The lowest BCUT2D eigenvalue weighted by molar-refractivity contribution is 0.225. The molecule has 0 saturated carbocycles. The molecule has 0 spiro atoms. The lowest BCUT2D eigenvalue weighted by Gasteiger charge is -2.20. The third-order valence-corrected chi connectivity index (χ3v) is 3.81. The minimum atomic E-state index is -3.48. The van der Waals surface area contributed by atoms with Crippen LogP contribution < -0.4 is 9.88 Å². The molecule has 0 radical (unpaired) electrons. The predicted molar refractivity (Wildman–Crippen MR) is 73.2 cm³/mol. The van der Waals surface area contributed by atoms with Crippen molar-refractivity contribution in [1.29, 1.82) is 0 Å². The van der Waals surface area contributed by atoms with Crippen LogP contribution >= 0.6 is 11.6 Å². The third-order valence-electron chi connectivity index (χ3n) is 2.67. The van der Waals surface area contributed by atoms with Crippen LogP contribution in [0.4, 0.5) is 0 Å². The maximum atomic E-state index is 11.1. The van der Waals surface area contributed by atoms with Crippen molar-refractivity contribution >= 4 is 21.6 Å². The maximum Gasteiger partial charge on any atom is 0.209 e. The molecule has 18 heavy (non-hydrogen) atoms. The Balaban J connectivity index is 2.60. The fourth-order valence-electron chi connectivity index (χ4n) is 1.47. The summed E-state index contributed by atoms with van der Waals surface area (Å²) in [6.07, 6.45) is 0. The molecule has 1 atom stereocenters. The zero-order valence-electron chi connectivity index (χ0n) is 10.5. The fourth-order valence-corrected chi connectivity index (χ4v) is 2.67. The van der Waals surface area contributed by atoms with Gasteiger partial charge in [0.05, 0.1) is 12.4 Å². The Kier molecular flexibility index (Phi) is 5.44. The van der Waals surface area contributed by atoms with E-state index < -0.39 is 10.0 Å². The molecule has 0 amide bonds. The van der Waals surface area contributed by atoms with Crippen LogP contribution in [0.2, 0.25) is 5.02 Å². The zero-order valence-corrected chi connectivity index (χ0v) is 12.0. The minimum Gasteiger partial charge on any atom is -0.493 e. The van der Waals surface area contributed by atoms with E-state index in [1.165, 1.54) is 0 Å². The molecular weight excluding hydrogens is 274 g/mol. The normalized spacial score (nSPS) is 13.6. The quantitative estimate of drug-likeness (QED) is 0.874. The van der Waals surface area contributed by atoms with Crippen LogP contribution in [0, 0.1) is 11.8 Å². The van der Waals surface area contributed by atoms with Crippen LogP contribution in [-0.4, -0.2) is 20.8 Å². The van der Waals surface area contributed by atoms with Crippen molar-refractivity contribution in [3.63, 3.8) is 0 Å². The number of primary sulfonamides is 1. The standard InChI is InChI=1S/C12H18ClNO3S/c1-9(2)10(8-18(14,15)16)7-17-12-5-3-11(13)4-6-12/h3-6,9-10H,7-8H2,1-2H3,(H2,14,15,16). The summed E-state index contributed by atoms with van der Waals surface area (Å²) in [5.41, 5.74) is 0. The van der Waals surface area contributed by atoms with Gasteiger partial charge in [0, 0.05) is 10.9 Å². The number of sulfonamides is 1. The smallest absolute Gasteiger partial charge is 0.209 e. The number of ether oxygens (including phenoxy) is 1. The van der Waals surface area contributed by atoms with Crippen LogP contribution in [0.5, 0.6) is 5.75 Å². The monoisotopic (exact) mass is 291 g/mol. The summed E-state index contributed by atoms with van der Waals surface area (Å²) >= 11 is 5.76. The average molecular weight is 292 g/mol. The Morgan fingerprint density at radius 3 is 2.28 bits per heavy atom. The average Bonchev–Trinajstić information content (AvgIpc) is 2.24. The SMILES string of the molecule is CC(C)C(COc1ccc(Cl)cc1)CS(N)(=O)=O. The van der Waals surface area contributed by atoms with Crippen molar-refractivity contribution in [2.45, 2.75) is 13.8 Å². The van der Waals surface area contributed by atoms with Gasteiger partial charge in [-0.2, -0.15) is 0 Å². The van der Waals surface area contributed by atoms with E-state index in [9.17, 15) is 8.42 Å². The predicted octanol–water partition coefficient (Wildman–Crippen LogP) is 2.28. The molecular formula is C12H18ClNO3S. The van der Waals surface area contributed by atoms with Crippen LogP contribution in [0.3, 0.4) is 0 Å². The van der Waals surface area contributed by atoms with Gasteiger partial charge in [0.1, 0.15) is 5.75 Å². The highest BCUT2D eigenvalue weighted by atomic mass is 35.5. The van der Waals surface area contributed by atoms with Crippen LogP contribution in [0.25, 0.3) is 0 Å². The topological polar surface area (TPSA) is 69.4 Å². The zero-order chi connectivity index (χ0) is 13.8. The number of halogens is 1. The van der Waals surface area contributed by atoms with E-state index in [1.807, 2.05) is 13.8 Å². The molecule has 0 heterocycles. The van der Waals surface area contributed by atoms with Gasteiger partial charge >= 0.3 is 0 Å². The second-order valence-electron chi connectivity index (χ2n) is 4.60. The molecule has 0 aliphatic heterocycles. The maximum absolute atomic E-state index is 11.1. The second-order valence-corrected chi connectivity index (χ2v) is 6.69. The molecule has 0 aliphatic rings. The Labute approximate surface area is 113 Å². The van der Waals surface area contributed by atoms with E-state index in [-0.39, 0.29) is 17.6 Å². The lowest BCUT2D eigenvalue weighted by Crippen LogP contribution is -2.30. The highest BCUT2D eigenvalue weighted by molar-refractivity contribution is 7.89. The summed E-state index contributed by atoms with van der Waals surface area (Å²) in [6.45, 7) is 4.21. The Morgan fingerprint density at radius 2 is 1.83 bits per heavy atom. The fraction of sp³-hybridized carbons (Fsp3) is 0.500. The van der Waals surface area contributed by atoms with Crippen molar-refractivity contribution in [1.82, 2.24) is 0 Å². The number of rotatable bonds is 6. The molecule has 2 N–H and O–H groups in total. The van der Waals surface area contributed by atoms with Gasteiger partial charge in [0.15, 0.2) is 0 Å². The van der Waals surface area contributed by atoms with Gasteiger partial charge < -0.3 is 4.74 Å². The van der Waals surface area contributed by atoms with Gasteiger partial charge in [-0.15, -0.1) is 0 Å². The van der Waals surface area contributed by atoms with E-state index >= 15 is 0 Å². The van der Waals surface area contributed by atoms with E-state index in [0.717, 1.165) is 0 Å². The molecule has 4 nitrogen and oxygen atoms in total. The first kappa shape index (κ1) is 15.3. The molecule has 102 valence electrons. The molecule has 1 unspecified atom stereocenters. The van der Waals surface area contributed by atoms with Crippen LogP contribution in [0.1, 0.15) is 13.8 Å². The summed E-state index contributed by atoms with van der Waals surface area (Å²) in [6, 6.07) is 6.94. The van der Waals surface area contributed by atoms with Crippen LogP contribution in [-0.2, 0) is 10.0 Å². The highest BCUT2D eigenvalue weighted by Crippen LogP contribution is 2.19. The molecule has 1 aromatic carbocycles. The van der Waals surface area contributed by atoms with E-state index in [0.29, 0.717) is 17.4 Å². The van der Waals surface area contributed by atoms with Crippen molar-refractivity contribution in [2.75, 3.05) is 12.4 Å². The summed E-state index contributed by atoms with van der Waals surface area (Å²) in [7, 11) is -3.48. The number of benzene rings is 1. The number of hydrogen-bond acceptors (Lipinski definition) is 3. The minimum absolute atomic E-state index is 0.0712.